The minimum absolute atomic E-state index is 0.115. The van der Waals surface area contributed by atoms with Crippen LogP contribution in [0.25, 0.3) is 6.08 Å². The Hall–Kier alpha value is -0.670. The first kappa shape index (κ1) is 10.4. The van der Waals surface area contributed by atoms with Crippen LogP contribution in [0, 0.1) is 5.82 Å². The molecule has 0 saturated heterocycles. The van der Waals surface area contributed by atoms with Gasteiger partial charge in [0.25, 0.3) is 0 Å². The monoisotopic (exact) mass is 244 g/mol. The normalized spacial score (nSPS) is 11.0. The van der Waals surface area contributed by atoms with Gasteiger partial charge < -0.3 is 5.11 Å². The fraction of sp³-hybridized carbons (Fsp3) is 0.200. The summed E-state index contributed by atoms with van der Waals surface area (Å²) in [4.78, 5) is 0. The standard InChI is InChI=1S/C10H10BrFO/c11-10-5-4-9(12)7-8(10)3-1-2-6-13/h1,3-5,7,13H,2,6H2. The first-order valence-electron chi connectivity index (χ1n) is 3.96. The maximum absolute atomic E-state index is 12.8. The molecule has 0 spiro atoms. The molecule has 1 aromatic carbocycles. The zero-order valence-corrected chi connectivity index (χ0v) is 8.59. The third-order valence-corrected chi connectivity index (χ3v) is 2.27. The highest BCUT2D eigenvalue weighted by Crippen LogP contribution is 2.19. The fourth-order valence-corrected chi connectivity index (χ4v) is 1.31. The first-order chi connectivity index (χ1) is 6.24. The summed E-state index contributed by atoms with van der Waals surface area (Å²) in [6.07, 6.45) is 4.17. The molecule has 0 aliphatic heterocycles. The lowest BCUT2D eigenvalue weighted by Gasteiger charge is -1.97. The molecular formula is C10H10BrFO. The predicted octanol–water partition coefficient (Wildman–Crippen LogP) is 2.98. The van der Waals surface area contributed by atoms with Gasteiger partial charge in [-0.1, -0.05) is 28.1 Å². The van der Waals surface area contributed by atoms with Crippen LogP contribution in [-0.4, -0.2) is 11.7 Å². The Balaban J connectivity index is 2.81. The van der Waals surface area contributed by atoms with Crippen molar-refractivity contribution in [3.8, 4) is 0 Å². The summed E-state index contributed by atoms with van der Waals surface area (Å²) in [5.74, 6) is -0.258. The van der Waals surface area contributed by atoms with Gasteiger partial charge in [0.05, 0.1) is 0 Å². The van der Waals surface area contributed by atoms with Crippen molar-refractivity contribution in [3.05, 3.63) is 40.1 Å². The minimum Gasteiger partial charge on any atom is -0.396 e. The van der Waals surface area contributed by atoms with Gasteiger partial charge in [-0.15, -0.1) is 0 Å². The van der Waals surface area contributed by atoms with Crippen LogP contribution >= 0.6 is 15.9 Å². The summed E-state index contributed by atoms with van der Waals surface area (Å²) in [5, 5.41) is 8.53. The molecule has 0 fully saturated rings. The molecule has 13 heavy (non-hydrogen) atoms. The van der Waals surface area contributed by atoms with Crippen LogP contribution in [0.5, 0.6) is 0 Å². The number of aliphatic hydroxyl groups excluding tert-OH is 1. The van der Waals surface area contributed by atoms with Crippen LogP contribution in [-0.2, 0) is 0 Å². The van der Waals surface area contributed by atoms with Crippen molar-refractivity contribution in [2.45, 2.75) is 6.42 Å². The number of hydrogen-bond donors (Lipinski definition) is 1. The van der Waals surface area contributed by atoms with E-state index in [1.165, 1.54) is 12.1 Å². The van der Waals surface area contributed by atoms with Gasteiger partial charge in [0.15, 0.2) is 0 Å². The van der Waals surface area contributed by atoms with Crippen LogP contribution in [0.1, 0.15) is 12.0 Å². The fourth-order valence-electron chi connectivity index (χ4n) is 0.927. The van der Waals surface area contributed by atoms with Gasteiger partial charge in [-0.25, -0.2) is 4.39 Å². The SMILES string of the molecule is OCCC=Cc1cc(F)ccc1Br. The maximum Gasteiger partial charge on any atom is 0.123 e. The molecular weight excluding hydrogens is 235 g/mol. The Kier molecular flexibility index (Phi) is 4.12. The zero-order chi connectivity index (χ0) is 9.68. The van der Waals surface area contributed by atoms with E-state index in [1.807, 2.05) is 0 Å². The third-order valence-electron chi connectivity index (χ3n) is 1.55. The molecule has 1 nitrogen and oxygen atoms in total. The van der Waals surface area contributed by atoms with Crippen molar-refractivity contribution in [1.82, 2.24) is 0 Å². The van der Waals surface area contributed by atoms with Gasteiger partial charge in [-0.2, -0.15) is 0 Å². The average molecular weight is 245 g/mol. The molecule has 0 aromatic heterocycles. The largest absolute Gasteiger partial charge is 0.396 e. The molecule has 0 heterocycles. The molecule has 0 unspecified atom stereocenters. The molecule has 1 rings (SSSR count). The second-order valence-corrected chi connectivity index (χ2v) is 3.43. The highest BCUT2D eigenvalue weighted by molar-refractivity contribution is 9.10. The van der Waals surface area contributed by atoms with E-state index in [0.717, 1.165) is 10.0 Å². The number of halogens is 2. The maximum atomic E-state index is 12.8. The summed E-state index contributed by atoms with van der Waals surface area (Å²) in [5.41, 5.74) is 0.786. The van der Waals surface area contributed by atoms with Crippen molar-refractivity contribution in [3.63, 3.8) is 0 Å². The van der Waals surface area contributed by atoms with E-state index in [-0.39, 0.29) is 12.4 Å². The molecule has 0 radical (unpaired) electrons. The summed E-state index contributed by atoms with van der Waals surface area (Å²) in [6, 6.07) is 4.50. The molecule has 70 valence electrons. The Labute approximate surface area is 85.0 Å². The molecule has 0 amide bonds. The van der Waals surface area contributed by atoms with E-state index in [2.05, 4.69) is 15.9 Å². The van der Waals surface area contributed by atoms with Crippen LogP contribution < -0.4 is 0 Å². The van der Waals surface area contributed by atoms with Crippen LogP contribution in [0.15, 0.2) is 28.7 Å². The van der Waals surface area contributed by atoms with E-state index in [0.29, 0.717) is 6.42 Å². The lowest BCUT2D eigenvalue weighted by Crippen LogP contribution is -1.80. The topological polar surface area (TPSA) is 20.2 Å². The Morgan fingerprint density at radius 2 is 2.23 bits per heavy atom. The minimum atomic E-state index is -0.258. The van der Waals surface area contributed by atoms with Crippen molar-refractivity contribution < 1.29 is 9.50 Å². The third kappa shape index (κ3) is 3.28. The molecule has 1 N–H and O–H groups in total. The van der Waals surface area contributed by atoms with Gasteiger partial charge in [0.1, 0.15) is 5.82 Å². The van der Waals surface area contributed by atoms with E-state index >= 15 is 0 Å². The highest BCUT2D eigenvalue weighted by atomic mass is 79.9. The predicted molar refractivity (Wildman–Crippen MR) is 54.8 cm³/mol. The van der Waals surface area contributed by atoms with Gasteiger partial charge in [-0.05, 0) is 30.2 Å². The van der Waals surface area contributed by atoms with Crippen molar-refractivity contribution in [1.29, 1.82) is 0 Å². The molecule has 0 aliphatic carbocycles. The van der Waals surface area contributed by atoms with E-state index in [4.69, 9.17) is 5.11 Å². The van der Waals surface area contributed by atoms with Crippen molar-refractivity contribution >= 4 is 22.0 Å². The van der Waals surface area contributed by atoms with E-state index in [9.17, 15) is 4.39 Å². The Morgan fingerprint density at radius 1 is 1.46 bits per heavy atom. The molecule has 0 saturated carbocycles. The number of benzene rings is 1. The van der Waals surface area contributed by atoms with Crippen molar-refractivity contribution in [2.24, 2.45) is 0 Å². The quantitative estimate of drug-likeness (QED) is 0.867. The number of rotatable bonds is 3. The summed E-state index contributed by atoms with van der Waals surface area (Å²) in [7, 11) is 0. The molecule has 0 atom stereocenters. The summed E-state index contributed by atoms with van der Waals surface area (Å²) >= 11 is 3.30. The highest BCUT2D eigenvalue weighted by Gasteiger charge is 1.96. The molecule has 0 bridgehead atoms. The van der Waals surface area contributed by atoms with Crippen LogP contribution in [0.3, 0.4) is 0 Å². The van der Waals surface area contributed by atoms with Crippen LogP contribution in [0.2, 0.25) is 0 Å². The summed E-state index contributed by atoms with van der Waals surface area (Å²) in [6.45, 7) is 0.115. The summed E-state index contributed by atoms with van der Waals surface area (Å²) < 4.78 is 13.6. The second-order valence-electron chi connectivity index (χ2n) is 2.58. The second kappa shape index (κ2) is 5.14. The number of aliphatic hydroxyl groups is 1. The first-order valence-corrected chi connectivity index (χ1v) is 4.76. The lowest BCUT2D eigenvalue weighted by atomic mass is 10.2. The molecule has 1 aromatic rings. The van der Waals surface area contributed by atoms with Crippen molar-refractivity contribution in [2.75, 3.05) is 6.61 Å². The van der Waals surface area contributed by atoms with Crippen LogP contribution in [0.4, 0.5) is 4.39 Å². The Bertz CT molecular complexity index is 310. The van der Waals surface area contributed by atoms with Gasteiger partial charge in [0.2, 0.25) is 0 Å². The van der Waals surface area contributed by atoms with Gasteiger partial charge in [0, 0.05) is 11.1 Å². The van der Waals surface area contributed by atoms with E-state index in [1.54, 1.807) is 18.2 Å². The van der Waals surface area contributed by atoms with E-state index < -0.39 is 0 Å². The molecule has 0 aliphatic rings. The zero-order valence-electron chi connectivity index (χ0n) is 7.00. The molecule has 3 heteroatoms. The van der Waals surface area contributed by atoms with Gasteiger partial charge >= 0.3 is 0 Å². The number of hydrogen-bond acceptors (Lipinski definition) is 1. The lowest BCUT2D eigenvalue weighted by molar-refractivity contribution is 0.303. The van der Waals surface area contributed by atoms with Gasteiger partial charge in [-0.3, -0.25) is 0 Å². The average Bonchev–Trinajstić information content (AvgIpc) is 2.11. The smallest absolute Gasteiger partial charge is 0.123 e. The Morgan fingerprint density at radius 3 is 2.92 bits per heavy atom.